The van der Waals surface area contributed by atoms with E-state index in [1.54, 1.807) is 36.6 Å². The van der Waals surface area contributed by atoms with Gasteiger partial charge in [0.15, 0.2) is 11.5 Å². The number of rotatable bonds is 4. The van der Waals surface area contributed by atoms with Gasteiger partial charge < -0.3 is 14.6 Å². The zero-order valence-electron chi connectivity index (χ0n) is 12.6. The first kappa shape index (κ1) is 14.7. The number of ether oxygens (including phenoxy) is 2. The Morgan fingerprint density at radius 2 is 2.00 bits per heavy atom. The van der Waals surface area contributed by atoms with E-state index in [9.17, 15) is 5.11 Å². The van der Waals surface area contributed by atoms with Crippen LogP contribution in [0.2, 0.25) is 0 Å². The third-order valence-electron chi connectivity index (χ3n) is 3.55. The van der Waals surface area contributed by atoms with Gasteiger partial charge in [-0.3, -0.25) is 0 Å². The van der Waals surface area contributed by atoms with E-state index >= 15 is 0 Å². The average Bonchev–Trinajstić information content (AvgIpc) is 2.83. The van der Waals surface area contributed by atoms with Crippen molar-refractivity contribution >= 4 is 21.6 Å². The van der Waals surface area contributed by atoms with E-state index in [-0.39, 0.29) is 6.61 Å². The summed E-state index contributed by atoms with van der Waals surface area (Å²) in [5.41, 5.74) is 1.89. The number of aromatic nitrogens is 2. The van der Waals surface area contributed by atoms with Gasteiger partial charge in [0.1, 0.15) is 11.2 Å². The molecular formula is C16H16N2O3S. The molecule has 0 radical (unpaired) electrons. The second-order valence-electron chi connectivity index (χ2n) is 4.89. The van der Waals surface area contributed by atoms with Crippen LogP contribution in [0, 0.1) is 13.8 Å². The van der Waals surface area contributed by atoms with Gasteiger partial charge in [0.25, 0.3) is 0 Å². The van der Waals surface area contributed by atoms with Crippen molar-refractivity contribution in [3.05, 3.63) is 40.5 Å². The van der Waals surface area contributed by atoms with E-state index < -0.39 is 0 Å². The molecule has 0 bridgehead atoms. The molecule has 0 fully saturated rings. The summed E-state index contributed by atoms with van der Waals surface area (Å²) in [6.07, 6.45) is 1.50. The highest BCUT2D eigenvalue weighted by molar-refractivity contribution is 7.18. The zero-order valence-corrected chi connectivity index (χ0v) is 13.4. The fourth-order valence-electron chi connectivity index (χ4n) is 2.23. The molecule has 0 aliphatic carbocycles. The molecule has 22 heavy (non-hydrogen) atoms. The van der Waals surface area contributed by atoms with E-state index in [0.29, 0.717) is 17.4 Å². The van der Waals surface area contributed by atoms with E-state index in [1.165, 1.54) is 11.2 Å². The fraction of sp³-hybridized carbons (Fsp3) is 0.250. The third kappa shape index (κ3) is 2.51. The second kappa shape index (κ2) is 5.90. The Kier molecular flexibility index (Phi) is 3.96. The van der Waals surface area contributed by atoms with Crippen molar-refractivity contribution in [2.75, 3.05) is 7.11 Å². The molecule has 3 aromatic rings. The van der Waals surface area contributed by atoms with Gasteiger partial charge >= 0.3 is 0 Å². The van der Waals surface area contributed by atoms with Crippen molar-refractivity contribution in [2.45, 2.75) is 20.5 Å². The Hall–Kier alpha value is -2.18. The summed E-state index contributed by atoms with van der Waals surface area (Å²) < 4.78 is 11.3. The molecule has 1 N–H and O–H groups in total. The minimum Gasteiger partial charge on any atom is -0.493 e. The van der Waals surface area contributed by atoms with Crippen molar-refractivity contribution in [3.8, 4) is 17.4 Å². The lowest BCUT2D eigenvalue weighted by Gasteiger charge is -2.11. The monoisotopic (exact) mass is 316 g/mol. The molecule has 0 saturated carbocycles. The molecule has 1 aromatic carbocycles. The van der Waals surface area contributed by atoms with E-state index in [1.807, 2.05) is 6.92 Å². The van der Waals surface area contributed by atoms with E-state index in [0.717, 1.165) is 21.3 Å². The van der Waals surface area contributed by atoms with E-state index in [4.69, 9.17) is 9.47 Å². The molecule has 0 amide bonds. The first-order valence-electron chi connectivity index (χ1n) is 6.80. The van der Waals surface area contributed by atoms with Crippen molar-refractivity contribution in [1.29, 1.82) is 0 Å². The summed E-state index contributed by atoms with van der Waals surface area (Å²) in [6, 6.07) is 5.31. The van der Waals surface area contributed by atoms with Gasteiger partial charge in [0.2, 0.25) is 5.88 Å². The number of aliphatic hydroxyl groups is 1. The molecule has 6 heteroatoms. The molecule has 2 heterocycles. The number of thiophene rings is 1. The summed E-state index contributed by atoms with van der Waals surface area (Å²) in [7, 11) is 1.57. The minimum absolute atomic E-state index is 0.0444. The van der Waals surface area contributed by atoms with Gasteiger partial charge in [-0.05, 0) is 37.1 Å². The first-order chi connectivity index (χ1) is 10.6. The summed E-state index contributed by atoms with van der Waals surface area (Å²) >= 11 is 1.62. The minimum atomic E-state index is -0.0444. The van der Waals surface area contributed by atoms with Crippen LogP contribution in [-0.4, -0.2) is 22.2 Å². The third-order valence-corrected chi connectivity index (χ3v) is 4.66. The Morgan fingerprint density at radius 3 is 2.73 bits per heavy atom. The number of fused-ring (bicyclic) bond motifs is 1. The molecule has 0 spiro atoms. The number of aliphatic hydroxyl groups excluding tert-OH is 1. The van der Waals surface area contributed by atoms with Crippen LogP contribution in [0.3, 0.4) is 0 Å². The van der Waals surface area contributed by atoms with Crippen molar-refractivity contribution in [1.82, 2.24) is 9.97 Å². The molecule has 0 saturated heterocycles. The summed E-state index contributed by atoms with van der Waals surface area (Å²) in [6.45, 7) is 4.05. The smallest absolute Gasteiger partial charge is 0.231 e. The summed E-state index contributed by atoms with van der Waals surface area (Å²) in [5, 5.41) is 10.1. The fourth-order valence-corrected chi connectivity index (χ4v) is 3.21. The molecule has 2 aromatic heterocycles. The maximum absolute atomic E-state index is 9.20. The number of benzene rings is 1. The predicted octanol–water partition coefficient (Wildman–Crippen LogP) is 3.60. The van der Waals surface area contributed by atoms with Crippen LogP contribution in [0.5, 0.6) is 17.4 Å². The molecule has 0 atom stereocenters. The van der Waals surface area contributed by atoms with Gasteiger partial charge in [-0.1, -0.05) is 6.07 Å². The number of hydrogen-bond donors (Lipinski definition) is 1. The second-order valence-corrected chi connectivity index (χ2v) is 6.09. The van der Waals surface area contributed by atoms with Crippen molar-refractivity contribution in [2.24, 2.45) is 0 Å². The Labute approximate surface area is 132 Å². The molecule has 5 nitrogen and oxygen atoms in total. The maximum atomic E-state index is 9.20. The molecule has 114 valence electrons. The van der Waals surface area contributed by atoms with Gasteiger partial charge in [-0.2, -0.15) is 0 Å². The average molecular weight is 316 g/mol. The van der Waals surface area contributed by atoms with Crippen LogP contribution in [-0.2, 0) is 6.61 Å². The zero-order chi connectivity index (χ0) is 15.7. The number of hydrogen-bond acceptors (Lipinski definition) is 6. The molecule has 0 aliphatic rings. The number of methoxy groups -OCH3 is 1. The quantitative estimate of drug-likeness (QED) is 0.796. The van der Waals surface area contributed by atoms with Gasteiger partial charge in [-0.15, -0.1) is 11.3 Å². The topological polar surface area (TPSA) is 64.5 Å². The highest BCUT2D eigenvalue weighted by Crippen LogP contribution is 2.38. The Balaban J connectivity index is 2.07. The van der Waals surface area contributed by atoms with Crippen molar-refractivity contribution < 1.29 is 14.6 Å². The molecular weight excluding hydrogens is 300 g/mol. The number of nitrogens with zero attached hydrogens (tertiary/aromatic N) is 2. The maximum Gasteiger partial charge on any atom is 0.231 e. The highest BCUT2D eigenvalue weighted by atomic mass is 32.1. The Bertz CT molecular complexity index is 830. The molecule has 0 aliphatic heterocycles. The van der Waals surface area contributed by atoms with Crippen LogP contribution < -0.4 is 9.47 Å². The molecule has 3 rings (SSSR count). The van der Waals surface area contributed by atoms with Crippen LogP contribution in [0.15, 0.2) is 24.5 Å². The largest absolute Gasteiger partial charge is 0.493 e. The SMILES string of the molecule is COc1cc(CO)ccc1Oc1ncnc2sc(C)c(C)c12. The van der Waals surface area contributed by atoms with Gasteiger partial charge in [-0.25, -0.2) is 9.97 Å². The van der Waals surface area contributed by atoms with Crippen LogP contribution in [0.1, 0.15) is 16.0 Å². The van der Waals surface area contributed by atoms with Crippen LogP contribution in [0.25, 0.3) is 10.2 Å². The normalized spacial score (nSPS) is 10.9. The lowest BCUT2D eigenvalue weighted by molar-refractivity contribution is 0.280. The Morgan fingerprint density at radius 1 is 1.18 bits per heavy atom. The summed E-state index contributed by atoms with van der Waals surface area (Å²) in [5.74, 6) is 1.63. The lowest BCUT2D eigenvalue weighted by Crippen LogP contribution is -1.95. The van der Waals surface area contributed by atoms with Gasteiger partial charge in [0, 0.05) is 4.88 Å². The first-order valence-corrected chi connectivity index (χ1v) is 7.62. The van der Waals surface area contributed by atoms with Crippen LogP contribution in [0.4, 0.5) is 0 Å². The standard InChI is InChI=1S/C16H16N2O3S/c1-9-10(2)22-16-14(9)15(17-8-18-16)21-12-5-4-11(7-19)6-13(12)20-3/h4-6,8,19H,7H2,1-3H3. The predicted molar refractivity (Wildman–Crippen MR) is 85.9 cm³/mol. The van der Waals surface area contributed by atoms with E-state index in [2.05, 4.69) is 16.9 Å². The number of aryl methyl sites for hydroxylation is 2. The lowest BCUT2D eigenvalue weighted by atomic mass is 10.2. The van der Waals surface area contributed by atoms with Crippen LogP contribution >= 0.6 is 11.3 Å². The van der Waals surface area contributed by atoms with Gasteiger partial charge in [0.05, 0.1) is 19.1 Å². The highest BCUT2D eigenvalue weighted by Gasteiger charge is 2.15. The summed E-state index contributed by atoms with van der Waals surface area (Å²) in [4.78, 5) is 10.7. The van der Waals surface area contributed by atoms with Crippen molar-refractivity contribution in [3.63, 3.8) is 0 Å². The molecule has 0 unspecified atom stereocenters.